The predicted octanol–water partition coefficient (Wildman–Crippen LogP) is 2.72. The number of hydrogen-bond acceptors (Lipinski definition) is 3. The largest absolute Gasteiger partial charge is 0.487 e. The average molecular weight is 273 g/mol. The zero-order chi connectivity index (χ0) is 14.8. The Hall–Kier alpha value is -1.50. The molecule has 0 amide bonds. The summed E-state index contributed by atoms with van der Waals surface area (Å²) < 4.78 is 12.1. The lowest BCUT2D eigenvalue weighted by molar-refractivity contribution is -0.0846. The molecule has 3 nitrogen and oxygen atoms in total. The van der Waals surface area contributed by atoms with Crippen molar-refractivity contribution in [2.75, 3.05) is 6.54 Å². The number of ether oxygens (including phenoxy) is 2. The minimum atomic E-state index is -0.276. The zero-order valence-electron chi connectivity index (χ0n) is 12.7. The van der Waals surface area contributed by atoms with E-state index in [4.69, 9.17) is 15.2 Å². The summed E-state index contributed by atoms with van der Waals surface area (Å²) in [5.74, 6) is 6.69. The Morgan fingerprint density at radius 1 is 1.25 bits per heavy atom. The van der Waals surface area contributed by atoms with Crippen LogP contribution in [0.25, 0.3) is 0 Å². The monoisotopic (exact) mass is 273 g/mol. The normalized spacial score (nSPS) is 22.9. The van der Waals surface area contributed by atoms with Crippen molar-refractivity contribution in [2.24, 2.45) is 5.73 Å². The van der Waals surface area contributed by atoms with Gasteiger partial charge in [0.25, 0.3) is 0 Å². The second-order valence-electron chi connectivity index (χ2n) is 6.31. The Balaban J connectivity index is 2.07. The standard InChI is InChI=1S/C17H23NO2/c1-16(2)12-15(17(3,4)20-16)19-14-9-7-13(8-10-14)6-5-11-18/h7-10,15H,11-12,18H2,1-4H3. The molecule has 3 heteroatoms. The summed E-state index contributed by atoms with van der Waals surface area (Å²) >= 11 is 0. The van der Waals surface area contributed by atoms with E-state index in [-0.39, 0.29) is 17.3 Å². The van der Waals surface area contributed by atoms with Crippen molar-refractivity contribution in [3.63, 3.8) is 0 Å². The first-order valence-electron chi connectivity index (χ1n) is 6.98. The molecule has 0 aliphatic carbocycles. The van der Waals surface area contributed by atoms with Gasteiger partial charge in [0.15, 0.2) is 0 Å². The molecule has 0 radical (unpaired) electrons. The molecule has 1 unspecified atom stereocenters. The van der Waals surface area contributed by atoms with Crippen LogP contribution in [0.1, 0.15) is 39.7 Å². The van der Waals surface area contributed by atoms with E-state index in [0.29, 0.717) is 6.54 Å². The fourth-order valence-corrected chi connectivity index (χ4v) is 2.63. The lowest BCUT2D eigenvalue weighted by Gasteiger charge is -2.27. The topological polar surface area (TPSA) is 44.5 Å². The van der Waals surface area contributed by atoms with Gasteiger partial charge in [-0.2, -0.15) is 0 Å². The van der Waals surface area contributed by atoms with Gasteiger partial charge >= 0.3 is 0 Å². The van der Waals surface area contributed by atoms with E-state index in [2.05, 4.69) is 39.5 Å². The molecule has 1 heterocycles. The van der Waals surface area contributed by atoms with Crippen LogP contribution >= 0.6 is 0 Å². The van der Waals surface area contributed by atoms with E-state index < -0.39 is 0 Å². The van der Waals surface area contributed by atoms with Crippen LogP contribution in [0.3, 0.4) is 0 Å². The highest BCUT2D eigenvalue weighted by Crippen LogP contribution is 2.39. The van der Waals surface area contributed by atoms with Crippen LogP contribution in [0.5, 0.6) is 5.75 Å². The van der Waals surface area contributed by atoms with Crippen molar-refractivity contribution in [2.45, 2.75) is 51.4 Å². The lowest BCUT2D eigenvalue weighted by Crippen LogP contribution is -2.36. The van der Waals surface area contributed by atoms with Crippen LogP contribution in [0, 0.1) is 11.8 Å². The number of nitrogens with two attached hydrogens (primary N) is 1. The lowest BCUT2D eigenvalue weighted by atomic mass is 9.97. The minimum Gasteiger partial charge on any atom is -0.487 e. The van der Waals surface area contributed by atoms with Gasteiger partial charge in [0.2, 0.25) is 0 Å². The smallest absolute Gasteiger partial charge is 0.130 e. The third kappa shape index (κ3) is 3.53. The maximum atomic E-state index is 6.09. The van der Waals surface area contributed by atoms with E-state index in [1.165, 1.54) is 0 Å². The first-order valence-corrected chi connectivity index (χ1v) is 6.98. The SMILES string of the molecule is CC1(C)CC(Oc2ccc(C#CCN)cc2)C(C)(C)O1. The molecule has 20 heavy (non-hydrogen) atoms. The van der Waals surface area contributed by atoms with Gasteiger partial charge in [-0.15, -0.1) is 0 Å². The van der Waals surface area contributed by atoms with Crippen LogP contribution < -0.4 is 10.5 Å². The fraction of sp³-hybridized carbons (Fsp3) is 0.529. The molecule has 1 atom stereocenters. The maximum absolute atomic E-state index is 6.09. The molecule has 1 aliphatic rings. The summed E-state index contributed by atoms with van der Waals surface area (Å²) in [5.41, 5.74) is 5.89. The van der Waals surface area contributed by atoms with Crippen molar-refractivity contribution in [1.29, 1.82) is 0 Å². The predicted molar refractivity (Wildman–Crippen MR) is 80.7 cm³/mol. The first kappa shape index (κ1) is 14.9. The van der Waals surface area contributed by atoms with Gasteiger partial charge < -0.3 is 15.2 Å². The van der Waals surface area contributed by atoms with Gasteiger partial charge in [-0.3, -0.25) is 0 Å². The van der Waals surface area contributed by atoms with Gasteiger partial charge in [0.1, 0.15) is 17.5 Å². The highest BCUT2D eigenvalue weighted by molar-refractivity contribution is 5.38. The zero-order valence-corrected chi connectivity index (χ0v) is 12.7. The van der Waals surface area contributed by atoms with Gasteiger partial charge in [0.05, 0.1) is 12.1 Å². The van der Waals surface area contributed by atoms with E-state index in [9.17, 15) is 0 Å². The van der Waals surface area contributed by atoms with Gasteiger partial charge in [-0.05, 0) is 52.0 Å². The number of rotatable bonds is 2. The molecule has 0 bridgehead atoms. The van der Waals surface area contributed by atoms with E-state index in [1.807, 2.05) is 24.3 Å². The molecule has 2 rings (SSSR count). The molecule has 108 valence electrons. The molecule has 1 fully saturated rings. The van der Waals surface area contributed by atoms with Crippen molar-refractivity contribution >= 4 is 0 Å². The molecule has 0 saturated carbocycles. The number of hydrogen-bond donors (Lipinski definition) is 1. The molecule has 2 N–H and O–H groups in total. The Labute approximate surface area is 121 Å². The molecular formula is C17H23NO2. The van der Waals surface area contributed by atoms with Crippen LogP contribution in [0.2, 0.25) is 0 Å². The van der Waals surface area contributed by atoms with Crippen LogP contribution in [0.15, 0.2) is 24.3 Å². The summed E-state index contributed by atoms with van der Waals surface area (Å²) in [7, 11) is 0. The molecular weight excluding hydrogens is 250 g/mol. The minimum absolute atomic E-state index is 0.0541. The molecule has 0 spiro atoms. The van der Waals surface area contributed by atoms with Crippen molar-refractivity contribution in [1.82, 2.24) is 0 Å². The van der Waals surface area contributed by atoms with Gasteiger partial charge in [0, 0.05) is 12.0 Å². The highest BCUT2D eigenvalue weighted by atomic mass is 16.6. The summed E-state index contributed by atoms with van der Waals surface area (Å²) in [5, 5.41) is 0. The second-order valence-corrected chi connectivity index (χ2v) is 6.31. The van der Waals surface area contributed by atoms with E-state index in [1.54, 1.807) is 0 Å². The summed E-state index contributed by atoms with van der Waals surface area (Å²) in [6, 6.07) is 7.79. The van der Waals surface area contributed by atoms with Crippen LogP contribution in [-0.2, 0) is 4.74 Å². The van der Waals surface area contributed by atoms with Crippen molar-refractivity contribution < 1.29 is 9.47 Å². The summed E-state index contributed by atoms with van der Waals surface area (Å²) in [6.07, 6.45) is 0.938. The Bertz CT molecular complexity index is 520. The average Bonchev–Trinajstić information content (AvgIpc) is 2.56. The molecule has 1 aliphatic heterocycles. The van der Waals surface area contributed by atoms with Crippen LogP contribution in [0.4, 0.5) is 0 Å². The summed E-state index contributed by atoms with van der Waals surface area (Å²) in [4.78, 5) is 0. The maximum Gasteiger partial charge on any atom is 0.130 e. The van der Waals surface area contributed by atoms with Crippen molar-refractivity contribution in [3.05, 3.63) is 29.8 Å². The van der Waals surface area contributed by atoms with Gasteiger partial charge in [-0.25, -0.2) is 0 Å². The molecule has 1 saturated heterocycles. The van der Waals surface area contributed by atoms with E-state index in [0.717, 1.165) is 17.7 Å². The second kappa shape index (κ2) is 5.47. The third-order valence-electron chi connectivity index (χ3n) is 3.46. The quantitative estimate of drug-likeness (QED) is 0.843. The van der Waals surface area contributed by atoms with Crippen LogP contribution in [-0.4, -0.2) is 23.9 Å². The van der Waals surface area contributed by atoms with E-state index >= 15 is 0 Å². The third-order valence-corrected chi connectivity index (χ3v) is 3.46. The first-order chi connectivity index (χ1) is 9.32. The summed E-state index contributed by atoms with van der Waals surface area (Å²) in [6.45, 7) is 8.73. The Morgan fingerprint density at radius 2 is 1.90 bits per heavy atom. The molecule has 0 aromatic heterocycles. The Morgan fingerprint density at radius 3 is 2.40 bits per heavy atom. The fourth-order valence-electron chi connectivity index (χ4n) is 2.63. The Kier molecular flexibility index (Phi) is 4.08. The van der Waals surface area contributed by atoms with Crippen molar-refractivity contribution in [3.8, 4) is 17.6 Å². The number of benzene rings is 1. The highest BCUT2D eigenvalue weighted by Gasteiger charge is 2.47. The molecule has 1 aromatic rings. The van der Waals surface area contributed by atoms with Gasteiger partial charge in [-0.1, -0.05) is 11.8 Å². The molecule has 1 aromatic carbocycles.